The van der Waals surface area contributed by atoms with E-state index in [1.54, 1.807) is 21.3 Å². The molecule has 11 heteroatoms. The smallest absolute Gasteiger partial charge is 0.308 e. The van der Waals surface area contributed by atoms with Gasteiger partial charge in [-0.2, -0.15) is 0 Å². The van der Waals surface area contributed by atoms with Crippen molar-refractivity contribution in [3.63, 3.8) is 0 Å². The van der Waals surface area contributed by atoms with Crippen molar-refractivity contribution >= 4 is 5.97 Å². The number of hydrogen-bond acceptors (Lipinski definition) is 11. The lowest BCUT2D eigenvalue weighted by Crippen LogP contribution is -2.34. The summed E-state index contributed by atoms with van der Waals surface area (Å²) in [5.74, 6) is 3.58. The van der Waals surface area contributed by atoms with Gasteiger partial charge in [0.15, 0.2) is 34.5 Å². The van der Waals surface area contributed by atoms with Crippen LogP contribution in [0.1, 0.15) is 119 Å². The van der Waals surface area contributed by atoms with Crippen molar-refractivity contribution < 1.29 is 38.3 Å². The fraction of sp³-hybridized carbons (Fsp3) is 0.596. The predicted octanol–water partition coefficient (Wildman–Crippen LogP) is 9.65. The van der Waals surface area contributed by atoms with Gasteiger partial charge in [-0.15, -0.1) is 0 Å². The van der Waals surface area contributed by atoms with Gasteiger partial charge in [0, 0.05) is 61.4 Å². The summed E-state index contributed by atoms with van der Waals surface area (Å²) in [6, 6.07) is 5.99. The zero-order valence-corrected chi connectivity index (χ0v) is 37.2. The zero-order chi connectivity index (χ0) is 42.2. The van der Waals surface area contributed by atoms with Crippen LogP contribution in [0, 0.1) is 17.8 Å². The number of methoxy groups -OCH3 is 3. The van der Waals surface area contributed by atoms with Gasteiger partial charge < -0.3 is 33.5 Å². The molecule has 1 N–H and O–H groups in total. The second kappa shape index (κ2) is 18.0. The molecule has 3 aromatic rings. The number of esters is 1. The van der Waals surface area contributed by atoms with Crippen LogP contribution in [-0.4, -0.2) is 87.9 Å². The number of fused-ring (bicyclic) bond motifs is 3. The van der Waals surface area contributed by atoms with E-state index in [-0.39, 0.29) is 35.4 Å². The molecule has 0 fully saturated rings. The average Bonchev–Trinajstić information content (AvgIpc) is 3.16. The Kier molecular flexibility index (Phi) is 13.4. The summed E-state index contributed by atoms with van der Waals surface area (Å²) in [6.07, 6.45) is 4.88. The molecule has 3 aliphatic rings. The summed E-state index contributed by atoms with van der Waals surface area (Å²) >= 11 is 0. The largest absolute Gasteiger partial charge is 0.504 e. The van der Waals surface area contributed by atoms with E-state index in [0.29, 0.717) is 52.3 Å². The van der Waals surface area contributed by atoms with Gasteiger partial charge >= 0.3 is 5.97 Å². The van der Waals surface area contributed by atoms with Crippen molar-refractivity contribution in [2.45, 2.75) is 105 Å². The van der Waals surface area contributed by atoms with Crippen LogP contribution in [-0.2, 0) is 24.1 Å². The van der Waals surface area contributed by atoms with E-state index in [2.05, 4.69) is 83.5 Å². The molecule has 0 amide bonds. The summed E-state index contributed by atoms with van der Waals surface area (Å²) in [6.45, 7) is 17.3. The topological polar surface area (TPSA) is 102 Å². The minimum absolute atomic E-state index is 0.00347. The molecule has 3 heterocycles. The van der Waals surface area contributed by atoms with Crippen LogP contribution >= 0.6 is 0 Å². The Morgan fingerprint density at radius 3 is 1.33 bits per heavy atom. The van der Waals surface area contributed by atoms with E-state index in [4.69, 9.17) is 28.4 Å². The first-order valence-corrected chi connectivity index (χ1v) is 21.1. The van der Waals surface area contributed by atoms with Crippen LogP contribution in [0.3, 0.4) is 0 Å². The van der Waals surface area contributed by atoms with Crippen LogP contribution in [0.25, 0.3) is 0 Å². The van der Waals surface area contributed by atoms with Crippen LogP contribution in [0.15, 0.2) is 18.2 Å². The Balaban J connectivity index is 1.68. The monoisotopic (exact) mass is 801 g/mol. The second-order valence-electron chi connectivity index (χ2n) is 17.9. The van der Waals surface area contributed by atoms with Gasteiger partial charge in [-0.25, -0.2) is 0 Å². The first-order valence-electron chi connectivity index (χ1n) is 21.1. The highest BCUT2D eigenvalue weighted by molar-refractivity contribution is 5.75. The molecule has 0 bridgehead atoms. The standard InChI is InChI=1S/C47H67N3O8/c1-26(2)20-33-39-30(14-17-48(33)8)23-36(53-11)43(42(39)52)57-47-41-32(16-19-50(10)35(41)22-28(5)6)25-38(55-13)45(47)58-46-40-31(15-18-49(9)34(40)21-27(3)4)24-37(54-12)44(46)56-29(7)51/h23-28,33-35,52H,14-22H2,1-13H3/t33-,34+,35-/m1/s1. The van der Waals surface area contributed by atoms with Crippen LogP contribution in [0.5, 0.6) is 51.7 Å². The molecule has 3 atom stereocenters. The Labute approximate surface area is 346 Å². The third-order valence-electron chi connectivity index (χ3n) is 12.2. The van der Waals surface area contributed by atoms with Gasteiger partial charge in [0.05, 0.1) is 21.3 Å². The molecule has 0 saturated heterocycles. The summed E-state index contributed by atoms with van der Waals surface area (Å²) in [4.78, 5) is 19.9. The van der Waals surface area contributed by atoms with Crippen molar-refractivity contribution in [1.29, 1.82) is 0 Å². The number of phenolic OH excluding ortho intramolecular Hbond substituents is 1. The fourth-order valence-corrected chi connectivity index (χ4v) is 9.33. The van der Waals surface area contributed by atoms with Crippen molar-refractivity contribution in [3.05, 3.63) is 51.6 Å². The van der Waals surface area contributed by atoms with Crippen LogP contribution < -0.4 is 28.4 Å². The second-order valence-corrected chi connectivity index (χ2v) is 17.9. The number of nitrogens with zero attached hydrogens (tertiary/aromatic N) is 3. The first-order chi connectivity index (χ1) is 27.6. The van der Waals surface area contributed by atoms with Gasteiger partial charge in [0.1, 0.15) is 0 Å². The maximum absolute atomic E-state index is 12.9. The minimum atomic E-state index is -0.496. The van der Waals surface area contributed by atoms with E-state index < -0.39 is 5.97 Å². The first kappa shape index (κ1) is 43.4. The highest BCUT2D eigenvalue weighted by Gasteiger charge is 2.39. The number of likely N-dealkylation sites (N-methyl/N-ethyl adjacent to an activating group) is 3. The van der Waals surface area contributed by atoms with E-state index >= 15 is 0 Å². The lowest BCUT2D eigenvalue weighted by molar-refractivity contribution is -0.132. The molecule has 0 saturated carbocycles. The van der Waals surface area contributed by atoms with Gasteiger partial charge in [0.2, 0.25) is 17.2 Å². The Hall–Kier alpha value is -4.19. The molecule has 0 aromatic heterocycles. The molecule has 0 radical (unpaired) electrons. The molecule has 58 heavy (non-hydrogen) atoms. The number of benzene rings is 3. The molecule has 0 spiro atoms. The summed E-state index contributed by atoms with van der Waals surface area (Å²) < 4.78 is 38.8. The van der Waals surface area contributed by atoms with Crippen LogP contribution in [0.2, 0.25) is 0 Å². The molecule has 318 valence electrons. The fourth-order valence-electron chi connectivity index (χ4n) is 9.33. The molecule has 0 unspecified atom stereocenters. The quantitative estimate of drug-likeness (QED) is 0.125. The van der Waals surface area contributed by atoms with E-state index in [9.17, 15) is 9.90 Å². The summed E-state index contributed by atoms with van der Waals surface area (Å²) in [5, 5.41) is 12.5. The number of aromatic hydroxyl groups is 1. The normalized spacial score (nSPS) is 19.8. The Bertz CT molecular complexity index is 1980. The predicted molar refractivity (Wildman–Crippen MR) is 228 cm³/mol. The van der Waals surface area contributed by atoms with Crippen molar-refractivity contribution in [2.75, 3.05) is 62.1 Å². The number of ether oxygens (including phenoxy) is 6. The van der Waals surface area contributed by atoms with E-state index in [1.807, 2.05) is 12.1 Å². The minimum Gasteiger partial charge on any atom is -0.504 e. The van der Waals surface area contributed by atoms with Crippen molar-refractivity contribution in [2.24, 2.45) is 17.8 Å². The van der Waals surface area contributed by atoms with Crippen molar-refractivity contribution in [3.8, 4) is 51.7 Å². The maximum Gasteiger partial charge on any atom is 0.308 e. The van der Waals surface area contributed by atoms with Gasteiger partial charge in [-0.3, -0.25) is 19.5 Å². The van der Waals surface area contributed by atoms with Crippen molar-refractivity contribution in [1.82, 2.24) is 14.7 Å². The molecular formula is C47H67N3O8. The summed E-state index contributed by atoms with van der Waals surface area (Å²) in [5.41, 5.74) is 5.98. The van der Waals surface area contributed by atoms with E-state index in [0.717, 1.165) is 91.5 Å². The third-order valence-corrected chi connectivity index (χ3v) is 12.2. The zero-order valence-electron chi connectivity index (χ0n) is 37.2. The molecular weight excluding hydrogens is 735 g/mol. The number of hydrogen-bond donors (Lipinski definition) is 1. The number of phenols is 1. The van der Waals surface area contributed by atoms with E-state index in [1.165, 1.54) is 6.92 Å². The highest BCUT2D eigenvalue weighted by Crippen LogP contribution is 2.58. The average molecular weight is 802 g/mol. The highest BCUT2D eigenvalue weighted by atomic mass is 16.6. The van der Waals surface area contributed by atoms with Crippen LogP contribution in [0.4, 0.5) is 0 Å². The third kappa shape index (κ3) is 8.59. The molecule has 3 aromatic carbocycles. The summed E-state index contributed by atoms with van der Waals surface area (Å²) in [7, 11) is 11.2. The van der Waals surface area contributed by atoms with Gasteiger partial charge in [0.25, 0.3) is 0 Å². The lowest BCUT2D eigenvalue weighted by Gasteiger charge is -2.39. The molecule has 6 rings (SSSR count). The maximum atomic E-state index is 12.9. The molecule has 3 aliphatic heterocycles. The Morgan fingerprint density at radius 1 is 0.586 bits per heavy atom. The number of carbonyl (C=O) groups is 1. The van der Waals surface area contributed by atoms with Gasteiger partial charge in [-0.1, -0.05) is 41.5 Å². The SMILES string of the molecule is COc1cc2c(c(O)c1Oc1c(Oc3c(OC(C)=O)c(OC)cc4c3[C@H](CC(C)C)N(C)CC4)c(OC)cc3c1[C@@H](CC(C)C)N(C)CC3)[C@@H](CC(C)C)N(C)CC2. The van der Waals surface area contributed by atoms with Gasteiger partial charge in [-0.05, 0) is 112 Å². The Morgan fingerprint density at radius 2 is 0.931 bits per heavy atom. The number of carbonyl (C=O) groups excluding carboxylic acids is 1. The number of rotatable bonds is 14. The lowest BCUT2D eigenvalue weighted by atomic mass is 9.85. The molecule has 11 nitrogen and oxygen atoms in total. The molecule has 0 aliphatic carbocycles.